The summed E-state index contributed by atoms with van der Waals surface area (Å²) < 4.78 is 36.9. The number of likely N-dealkylation sites (tertiary alicyclic amines) is 1. The third-order valence-electron chi connectivity index (χ3n) is 3.36. The van der Waals surface area contributed by atoms with Crippen LogP contribution in [0.5, 0.6) is 0 Å². The molecule has 1 aliphatic heterocycles. The third kappa shape index (κ3) is 2.55. The zero-order chi connectivity index (χ0) is 15.3. The largest absolute Gasteiger partial charge is 0.449 e. The number of ether oxygens (including phenoxy) is 2. The summed E-state index contributed by atoms with van der Waals surface area (Å²) in [5, 5.41) is 0. The van der Waals surface area contributed by atoms with Gasteiger partial charge < -0.3 is 9.47 Å². The van der Waals surface area contributed by atoms with Crippen molar-refractivity contribution in [2.24, 2.45) is 11.8 Å². The third-order valence-corrected chi connectivity index (χ3v) is 3.47. The van der Waals surface area contributed by atoms with Gasteiger partial charge in [-0.25, -0.2) is 13.6 Å². The van der Waals surface area contributed by atoms with Gasteiger partial charge in [0.25, 0.3) is 5.92 Å². The second-order valence-corrected chi connectivity index (χ2v) is 6.18. The molecule has 1 aliphatic carbocycles. The van der Waals surface area contributed by atoms with E-state index in [0.717, 1.165) is 4.90 Å². The number of hydrogen-bond donors (Lipinski definition) is 0. The van der Waals surface area contributed by atoms with Crippen molar-refractivity contribution in [3.05, 3.63) is 0 Å². The van der Waals surface area contributed by atoms with Crippen LogP contribution in [-0.2, 0) is 14.3 Å². The highest BCUT2D eigenvalue weighted by Crippen LogP contribution is 2.60. The maximum Gasteiger partial charge on any atom is 0.410 e. The van der Waals surface area contributed by atoms with Gasteiger partial charge in [0.15, 0.2) is 6.07 Å². The Morgan fingerprint density at radius 2 is 2.00 bits per heavy atom. The van der Waals surface area contributed by atoms with Gasteiger partial charge in [-0.1, -0.05) is 11.6 Å². The molecule has 0 N–H and O–H groups in total. The number of carbonyl (C=O) groups is 2. The Balaban J connectivity index is 2.10. The molecule has 0 aromatic heterocycles. The van der Waals surface area contributed by atoms with Crippen LogP contribution in [0.25, 0.3) is 0 Å². The van der Waals surface area contributed by atoms with E-state index in [2.05, 4.69) is 4.74 Å². The Bertz CT molecular complexity index is 438. The van der Waals surface area contributed by atoms with Gasteiger partial charge in [-0.3, -0.25) is 9.69 Å². The Morgan fingerprint density at radius 3 is 2.50 bits per heavy atom. The van der Waals surface area contributed by atoms with E-state index in [4.69, 9.17) is 16.3 Å². The normalized spacial score (nSPS) is 30.7. The van der Waals surface area contributed by atoms with E-state index in [1.807, 2.05) is 0 Å². The second kappa shape index (κ2) is 4.72. The molecule has 5 nitrogen and oxygen atoms in total. The van der Waals surface area contributed by atoms with E-state index < -0.39 is 47.5 Å². The summed E-state index contributed by atoms with van der Waals surface area (Å²) >= 11 is 5.26. The number of piperidine rings is 1. The first kappa shape index (κ1) is 15.3. The minimum atomic E-state index is -3.08. The van der Waals surface area contributed by atoms with Gasteiger partial charge in [-0.05, 0) is 20.8 Å². The fourth-order valence-corrected chi connectivity index (χ4v) is 2.66. The number of esters is 1. The molecule has 8 heteroatoms. The number of amides is 1. The van der Waals surface area contributed by atoms with Crippen LogP contribution >= 0.6 is 11.6 Å². The highest BCUT2D eigenvalue weighted by molar-refractivity contribution is 6.17. The molecule has 3 atom stereocenters. The maximum atomic E-state index is 13.6. The molecular formula is C12H16ClF2NO4. The van der Waals surface area contributed by atoms with Crippen LogP contribution in [0, 0.1) is 11.8 Å². The minimum absolute atomic E-state index is 0.129. The molecule has 1 saturated carbocycles. The molecule has 0 aromatic carbocycles. The first-order chi connectivity index (χ1) is 9.09. The molecule has 0 radical (unpaired) electrons. The summed E-state index contributed by atoms with van der Waals surface area (Å²) in [7, 11) is 0. The summed E-state index contributed by atoms with van der Waals surface area (Å²) in [4.78, 5) is 24.4. The van der Waals surface area contributed by atoms with Crippen molar-refractivity contribution in [2.75, 3.05) is 12.6 Å². The van der Waals surface area contributed by atoms with Crippen LogP contribution in [-0.4, -0.2) is 47.1 Å². The van der Waals surface area contributed by atoms with E-state index in [9.17, 15) is 18.4 Å². The van der Waals surface area contributed by atoms with Gasteiger partial charge in [0.1, 0.15) is 11.6 Å². The molecule has 1 saturated heterocycles. The van der Waals surface area contributed by atoms with Crippen LogP contribution in [0.4, 0.5) is 13.6 Å². The average molecular weight is 312 g/mol. The molecule has 0 spiro atoms. The van der Waals surface area contributed by atoms with Gasteiger partial charge in [0.05, 0.1) is 11.8 Å². The number of fused-ring (bicyclic) bond motifs is 1. The topological polar surface area (TPSA) is 55.8 Å². The van der Waals surface area contributed by atoms with Gasteiger partial charge >= 0.3 is 12.1 Å². The Kier molecular flexibility index (Phi) is 3.60. The van der Waals surface area contributed by atoms with E-state index in [1.165, 1.54) is 0 Å². The summed E-state index contributed by atoms with van der Waals surface area (Å²) in [5.41, 5.74) is -0.786. The second-order valence-electron chi connectivity index (χ2n) is 5.96. The molecule has 2 aliphatic rings. The van der Waals surface area contributed by atoms with Gasteiger partial charge in [0.2, 0.25) is 0 Å². The lowest BCUT2D eigenvalue weighted by molar-refractivity contribution is -0.148. The number of alkyl halides is 3. The molecule has 114 valence electrons. The van der Waals surface area contributed by atoms with Crippen LogP contribution in [0.1, 0.15) is 20.8 Å². The highest BCUT2D eigenvalue weighted by atomic mass is 35.5. The van der Waals surface area contributed by atoms with Crippen molar-refractivity contribution in [3.8, 4) is 0 Å². The number of rotatable bonds is 2. The standard InChI is InChI=1S/C12H16ClF2NO4/c1-11(2,3)20-10(18)16-4-6(9(17)19-5-13)7-8(16)12(7,14)15/h6-8H,4-5H2,1-3H3. The molecule has 1 amide bonds. The van der Waals surface area contributed by atoms with Crippen molar-refractivity contribution in [1.82, 2.24) is 4.90 Å². The molecule has 0 aromatic rings. The van der Waals surface area contributed by atoms with Gasteiger partial charge in [-0.15, -0.1) is 0 Å². The van der Waals surface area contributed by atoms with Crippen molar-refractivity contribution in [1.29, 1.82) is 0 Å². The minimum Gasteiger partial charge on any atom is -0.449 e. The molecule has 2 rings (SSSR count). The van der Waals surface area contributed by atoms with Gasteiger partial charge in [-0.2, -0.15) is 0 Å². The van der Waals surface area contributed by atoms with Crippen LogP contribution in [0.3, 0.4) is 0 Å². The van der Waals surface area contributed by atoms with Crippen molar-refractivity contribution >= 4 is 23.7 Å². The molecule has 3 unspecified atom stereocenters. The Hall–Kier alpha value is -1.11. The zero-order valence-corrected chi connectivity index (χ0v) is 12.1. The highest BCUT2D eigenvalue weighted by Gasteiger charge is 2.79. The SMILES string of the molecule is CC(C)(C)OC(=O)N1CC(C(=O)OCCl)C2C1C2(F)F. The summed E-state index contributed by atoms with van der Waals surface area (Å²) in [5.74, 6) is -6.14. The van der Waals surface area contributed by atoms with Crippen molar-refractivity contribution < 1.29 is 27.8 Å². The van der Waals surface area contributed by atoms with E-state index >= 15 is 0 Å². The predicted octanol–water partition coefficient (Wildman–Crippen LogP) is 2.23. The monoisotopic (exact) mass is 311 g/mol. The van der Waals surface area contributed by atoms with Gasteiger partial charge in [0, 0.05) is 6.54 Å². The van der Waals surface area contributed by atoms with Crippen molar-refractivity contribution in [2.45, 2.75) is 38.3 Å². The molecule has 2 fully saturated rings. The van der Waals surface area contributed by atoms with E-state index in [0.29, 0.717) is 0 Å². The quantitative estimate of drug-likeness (QED) is 0.579. The van der Waals surface area contributed by atoms with Crippen LogP contribution < -0.4 is 0 Å². The fourth-order valence-electron chi connectivity index (χ4n) is 2.55. The summed E-state index contributed by atoms with van der Waals surface area (Å²) in [6, 6.07) is -1.68. The molecule has 20 heavy (non-hydrogen) atoms. The van der Waals surface area contributed by atoms with E-state index in [-0.39, 0.29) is 6.54 Å². The lowest BCUT2D eigenvalue weighted by Gasteiger charge is -2.26. The van der Waals surface area contributed by atoms with Crippen LogP contribution in [0.15, 0.2) is 0 Å². The maximum absolute atomic E-state index is 13.6. The predicted molar refractivity (Wildman–Crippen MR) is 65.5 cm³/mol. The molecule has 0 bridgehead atoms. The number of nitrogens with zero attached hydrogens (tertiary/aromatic N) is 1. The first-order valence-corrected chi connectivity index (χ1v) is 6.73. The smallest absolute Gasteiger partial charge is 0.410 e. The molecular weight excluding hydrogens is 296 g/mol. The number of hydrogen-bond acceptors (Lipinski definition) is 4. The fraction of sp³-hybridized carbons (Fsp3) is 0.833. The summed E-state index contributed by atoms with van der Waals surface area (Å²) in [6.07, 6.45) is -0.842. The van der Waals surface area contributed by atoms with Crippen molar-refractivity contribution in [3.63, 3.8) is 0 Å². The van der Waals surface area contributed by atoms with Crippen LogP contribution in [0.2, 0.25) is 0 Å². The average Bonchev–Trinajstić information content (AvgIpc) is 2.71. The lowest BCUT2D eigenvalue weighted by Crippen LogP contribution is -2.41. The van der Waals surface area contributed by atoms with E-state index in [1.54, 1.807) is 20.8 Å². The first-order valence-electron chi connectivity index (χ1n) is 6.19. The Labute approximate surface area is 120 Å². The number of halogens is 3. The number of carbonyl (C=O) groups excluding carboxylic acids is 2. The zero-order valence-electron chi connectivity index (χ0n) is 11.4. The lowest BCUT2D eigenvalue weighted by atomic mass is 10.1. The molecule has 1 heterocycles. The summed E-state index contributed by atoms with van der Waals surface area (Å²) in [6.45, 7) is 4.80. The Morgan fingerprint density at radius 1 is 1.40 bits per heavy atom.